The van der Waals surface area contributed by atoms with Gasteiger partial charge in [-0.25, -0.2) is 0 Å². The van der Waals surface area contributed by atoms with E-state index in [1.165, 1.54) is 0 Å². The Morgan fingerprint density at radius 1 is 1.24 bits per heavy atom. The predicted molar refractivity (Wildman–Crippen MR) is 72.3 cm³/mol. The third-order valence-electron chi connectivity index (χ3n) is 2.25. The van der Waals surface area contributed by atoms with Gasteiger partial charge in [-0.15, -0.1) is 11.6 Å². The van der Waals surface area contributed by atoms with E-state index in [1.807, 2.05) is 36.4 Å². The van der Waals surface area contributed by atoms with E-state index in [0.29, 0.717) is 12.5 Å². The summed E-state index contributed by atoms with van der Waals surface area (Å²) in [6.45, 7) is 0.458. The van der Waals surface area contributed by atoms with Crippen molar-refractivity contribution < 1.29 is 4.74 Å². The zero-order chi connectivity index (χ0) is 12.1. The molecule has 0 unspecified atom stereocenters. The first-order valence-corrected chi connectivity index (χ1v) is 6.49. The first-order chi connectivity index (χ1) is 8.29. The molecule has 0 radical (unpaired) electrons. The van der Waals surface area contributed by atoms with Crippen molar-refractivity contribution in [1.29, 1.82) is 0 Å². The second kappa shape index (κ2) is 6.03. The number of ether oxygens (including phenoxy) is 1. The number of nitrogens with zero attached hydrogens (tertiary/aromatic N) is 1. The van der Waals surface area contributed by atoms with E-state index < -0.39 is 0 Å². The van der Waals surface area contributed by atoms with Gasteiger partial charge in [-0.2, -0.15) is 0 Å². The minimum absolute atomic E-state index is 0.458. The molecule has 2 nitrogen and oxygen atoms in total. The van der Waals surface area contributed by atoms with Crippen molar-refractivity contribution in [3.63, 3.8) is 0 Å². The summed E-state index contributed by atoms with van der Waals surface area (Å²) in [6.07, 6.45) is 1.75. The number of pyridine rings is 1. The number of rotatable bonds is 4. The zero-order valence-electron chi connectivity index (χ0n) is 9.07. The van der Waals surface area contributed by atoms with Crippen LogP contribution in [0.3, 0.4) is 0 Å². The summed E-state index contributed by atoms with van der Waals surface area (Å²) in [7, 11) is 0. The minimum Gasteiger partial charge on any atom is -0.486 e. The summed E-state index contributed by atoms with van der Waals surface area (Å²) >= 11 is 9.21. The summed E-state index contributed by atoms with van der Waals surface area (Å²) in [6, 6.07) is 11.6. The summed E-state index contributed by atoms with van der Waals surface area (Å²) in [5.74, 6) is 1.29. The number of alkyl halides is 1. The lowest BCUT2D eigenvalue weighted by atomic mass is 10.2. The maximum Gasteiger partial charge on any atom is 0.134 e. The second-order valence-electron chi connectivity index (χ2n) is 3.51. The summed E-state index contributed by atoms with van der Waals surface area (Å²) in [5, 5.41) is 0. The third-order valence-corrected chi connectivity index (χ3v) is 3.18. The SMILES string of the molecule is ClCc1ccc(OCc2ccccn2)c(Br)c1. The molecule has 0 saturated carbocycles. The highest BCUT2D eigenvalue weighted by Crippen LogP contribution is 2.27. The summed E-state index contributed by atoms with van der Waals surface area (Å²) in [4.78, 5) is 4.20. The third kappa shape index (κ3) is 3.45. The van der Waals surface area contributed by atoms with Crippen LogP contribution in [0.1, 0.15) is 11.3 Å². The first-order valence-electron chi connectivity index (χ1n) is 5.16. The summed E-state index contributed by atoms with van der Waals surface area (Å²) in [5.41, 5.74) is 1.96. The fourth-order valence-corrected chi connectivity index (χ4v) is 2.09. The average Bonchev–Trinajstić information content (AvgIpc) is 2.38. The van der Waals surface area contributed by atoms with E-state index in [9.17, 15) is 0 Å². The number of hydrogen-bond acceptors (Lipinski definition) is 2. The number of halogens is 2. The Morgan fingerprint density at radius 3 is 2.76 bits per heavy atom. The van der Waals surface area contributed by atoms with Crippen LogP contribution < -0.4 is 4.74 Å². The Kier molecular flexibility index (Phi) is 4.40. The number of benzene rings is 1. The normalized spacial score (nSPS) is 10.2. The van der Waals surface area contributed by atoms with Crippen molar-refractivity contribution >= 4 is 27.5 Å². The molecule has 2 aromatic rings. The van der Waals surface area contributed by atoms with Crippen LogP contribution in [-0.2, 0) is 12.5 Å². The van der Waals surface area contributed by atoms with Gasteiger partial charge in [-0.05, 0) is 45.8 Å². The Morgan fingerprint density at radius 2 is 2.12 bits per heavy atom. The molecule has 0 N–H and O–H groups in total. The number of aromatic nitrogens is 1. The van der Waals surface area contributed by atoms with Crippen LogP contribution in [-0.4, -0.2) is 4.98 Å². The molecule has 0 saturated heterocycles. The van der Waals surface area contributed by atoms with E-state index in [2.05, 4.69) is 20.9 Å². The highest BCUT2D eigenvalue weighted by atomic mass is 79.9. The lowest BCUT2D eigenvalue weighted by molar-refractivity contribution is 0.299. The molecule has 0 aliphatic heterocycles. The molecule has 0 aliphatic carbocycles. The topological polar surface area (TPSA) is 22.1 Å². The molecule has 0 atom stereocenters. The van der Waals surface area contributed by atoms with Crippen molar-refractivity contribution in [2.24, 2.45) is 0 Å². The fraction of sp³-hybridized carbons (Fsp3) is 0.154. The molecule has 1 aromatic carbocycles. The van der Waals surface area contributed by atoms with Crippen molar-refractivity contribution in [3.05, 3.63) is 58.3 Å². The standard InChI is InChI=1S/C13H11BrClNO/c14-12-7-10(8-15)4-5-13(12)17-9-11-3-1-2-6-16-11/h1-7H,8-9H2. The van der Waals surface area contributed by atoms with E-state index in [-0.39, 0.29) is 0 Å². The smallest absolute Gasteiger partial charge is 0.134 e. The van der Waals surface area contributed by atoms with Crippen molar-refractivity contribution in [2.75, 3.05) is 0 Å². The highest BCUT2D eigenvalue weighted by Gasteiger charge is 2.03. The van der Waals surface area contributed by atoms with Crippen LogP contribution in [0.5, 0.6) is 5.75 Å². The lowest BCUT2D eigenvalue weighted by Crippen LogP contribution is -1.98. The molecular formula is C13H11BrClNO. The van der Waals surface area contributed by atoms with E-state index in [0.717, 1.165) is 21.5 Å². The second-order valence-corrected chi connectivity index (χ2v) is 4.63. The molecular weight excluding hydrogens is 302 g/mol. The maximum atomic E-state index is 5.75. The van der Waals surface area contributed by atoms with E-state index in [4.69, 9.17) is 16.3 Å². The molecule has 0 aliphatic rings. The van der Waals surface area contributed by atoms with Crippen molar-refractivity contribution in [1.82, 2.24) is 4.98 Å². The molecule has 0 spiro atoms. The van der Waals surface area contributed by atoms with Crippen LogP contribution in [0.2, 0.25) is 0 Å². The molecule has 1 heterocycles. The van der Waals surface area contributed by atoms with Crippen LogP contribution in [0.4, 0.5) is 0 Å². The monoisotopic (exact) mass is 311 g/mol. The summed E-state index contributed by atoms with van der Waals surface area (Å²) < 4.78 is 6.58. The molecule has 4 heteroatoms. The number of hydrogen-bond donors (Lipinski definition) is 0. The Balaban J connectivity index is 2.04. The quantitative estimate of drug-likeness (QED) is 0.791. The molecule has 17 heavy (non-hydrogen) atoms. The van der Waals surface area contributed by atoms with Gasteiger partial charge in [-0.3, -0.25) is 4.98 Å². The molecule has 1 aromatic heterocycles. The highest BCUT2D eigenvalue weighted by molar-refractivity contribution is 9.10. The average molecular weight is 313 g/mol. The predicted octanol–water partition coefficient (Wildman–Crippen LogP) is 4.16. The Labute approximate surface area is 114 Å². The minimum atomic E-state index is 0.458. The van der Waals surface area contributed by atoms with Gasteiger partial charge in [0.2, 0.25) is 0 Å². The van der Waals surface area contributed by atoms with Crippen LogP contribution in [0.25, 0.3) is 0 Å². The van der Waals surface area contributed by atoms with Gasteiger partial charge in [0.05, 0.1) is 10.2 Å². The van der Waals surface area contributed by atoms with Gasteiger partial charge in [0.15, 0.2) is 0 Å². The van der Waals surface area contributed by atoms with Gasteiger partial charge < -0.3 is 4.74 Å². The zero-order valence-corrected chi connectivity index (χ0v) is 11.4. The van der Waals surface area contributed by atoms with Gasteiger partial charge in [0.1, 0.15) is 12.4 Å². The fourth-order valence-electron chi connectivity index (χ4n) is 1.38. The van der Waals surface area contributed by atoms with Gasteiger partial charge >= 0.3 is 0 Å². The van der Waals surface area contributed by atoms with Crippen molar-refractivity contribution in [3.8, 4) is 5.75 Å². The largest absolute Gasteiger partial charge is 0.486 e. The first kappa shape index (κ1) is 12.4. The molecule has 88 valence electrons. The lowest BCUT2D eigenvalue weighted by Gasteiger charge is -2.08. The Bertz CT molecular complexity index is 490. The Hall–Kier alpha value is -1.06. The molecule has 2 rings (SSSR count). The van der Waals surface area contributed by atoms with Gasteiger partial charge in [0, 0.05) is 12.1 Å². The van der Waals surface area contributed by atoms with Crippen LogP contribution in [0, 0.1) is 0 Å². The van der Waals surface area contributed by atoms with Crippen molar-refractivity contribution in [2.45, 2.75) is 12.5 Å². The van der Waals surface area contributed by atoms with Crippen LogP contribution in [0.15, 0.2) is 47.1 Å². The van der Waals surface area contributed by atoms with Crippen LogP contribution >= 0.6 is 27.5 Å². The molecule has 0 amide bonds. The molecule has 0 fully saturated rings. The van der Waals surface area contributed by atoms with Gasteiger partial charge in [-0.1, -0.05) is 12.1 Å². The maximum absolute atomic E-state index is 5.75. The van der Waals surface area contributed by atoms with Gasteiger partial charge in [0.25, 0.3) is 0 Å². The van der Waals surface area contributed by atoms with E-state index >= 15 is 0 Å². The van der Waals surface area contributed by atoms with E-state index in [1.54, 1.807) is 6.20 Å². The molecule has 0 bridgehead atoms.